The number of aryl methyl sites for hydroxylation is 1. The van der Waals surface area contributed by atoms with Crippen molar-refractivity contribution >= 4 is 15.9 Å². The van der Waals surface area contributed by atoms with E-state index in [1.165, 1.54) is 15.6 Å². The molecule has 0 amide bonds. The van der Waals surface area contributed by atoms with E-state index in [4.69, 9.17) is 4.74 Å². The zero-order valence-corrected chi connectivity index (χ0v) is 12.7. The summed E-state index contributed by atoms with van der Waals surface area (Å²) < 4.78 is 6.58. The molecule has 1 aromatic rings. The van der Waals surface area contributed by atoms with E-state index in [0.29, 0.717) is 0 Å². The van der Waals surface area contributed by atoms with Crippen LogP contribution in [0, 0.1) is 6.92 Å². The van der Waals surface area contributed by atoms with Crippen LogP contribution < -0.4 is 10.1 Å². The van der Waals surface area contributed by atoms with Crippen molar-refractivity contribution in [1.29, 1.82) is 0 Å². The molecule has 0 radical (unpaired) electrons. The molecule has 1 aliphatic heterocycles. The summed E-state index contributed by atoms with van der Waals surface area (Å²) in [6.07, 6.45) is 1.07. The average molecular weight is 313 g/mol. The molecule has 0 aliphatic carbocycles. The van der Waals surface area contributed by atoms with Crippen molar-refractivity contribution in [2.45, 2.75) is 13.3 Å². The number of hydrogen-bond acceptors (Lipinski definition) is 3. The summed E-state index contributed by atoms with van der Waals surface area (Å²) in [5, 5.41) is 3.38. The van der Waals surface area contributed by atoms with Crippen molar-refractivity contribution in [2.75, 3.05) is 39.8 Å². The first-order chi connectivity index (χ1) is 8.70. The van der Waals surface area contributed by atoms with E-state index in [1.54, 1.807) is 7.11 Å². The number of rotatable bonds is 4. The van der Waals surface area contributed by atoms with Crippen molar-refractivity contribution in [1.82, 2.24) is 10.2 Å². The first-order valence-corrected chi connectivity index (χ1v) is 7.26. The Labute approximate surface area is 118 Å². The SMILES string of the molecule is COc1cc(CCN2CCNCC2)c(Br)cc1C. The Morgan fingerprint density at radius 2 is 2.06 bits per heavy atom. The lowest BCUT2D eigenvalue weighted by atomic mass is 10.1. The van der Waals surface area contributed by atoms with Crippen LogP contribution >= 0.6 is 15.9 Å². The van der Waals surface area contributed by atoms with Gasteiger partial charge in [0.15, 0.2) is 0 Å². The van der Waals surface area contributed by atoms with Crippen molar-refractivity contribution in [2.24, 2.45) is 0 Å². The smallest absolute Gasteiger partial charge is 0.122 e. The van der Waals surface area contributed by atoms with Gasteiger partial charge in [-0.1, -0.05) is 15.9 Å². The molecule has 0 unspecified atom stereocenters. The fourth-order valence-corrected chi connectivity index (χ4v) is 2.98. The molecule has 0 spiro atoms. The molecule has 1 saturated heterocycles. The molecule has 1 aliphatic rings. The molecule has 0 bridgehead atoms. The normalized spacial score (nSPS) is 16.8. The number of benzene rings is 1. The summed E-state index contributed by atoms with van der Waals surface area (Å²) in [4.78, 5) is 2.51. The van der Waals surface area contributed by atoms with Crippen LogP contribution in [-0.4, -0.2) is 44.7 Å². The van der Waals surface area contributed by atoms with Crippen LogP contribution in [0.1, 0.15) is 11.1 Å². The van der Waals surface area contributed by atoms with Gasteiger partial charge in [-0.2, -0.15) is 0 Å². The van der Waals surface area contributed by atoms with Gasteiger partial charge in [0.1, 0.15) is 5.75 Å². The molecule has 3 nitrogen and oxygen atoms in total. The monoisotopic (exact) mass is 312 g/mol. The lowest BCUT2D eigenvalue weighted by molar-refractivity contribution is 0.243. The Balaban J connectivity index is 1.99. The third-order valence-electron chi connectivity index (χ3n) is 3.47. The summed E-state index contributed by atoms with van der Waals surface area (Å²) in [6.45, 7) is 7.72. The second-order valence-electron chi connectivity index (χ2n) is 4.75. The van der Waals surface area contributed by atoms with Crippen LogP contribution in [0.5, 0.6) is 5.75 Å². The van der Waals surface area contributed by atoms with Gasteiger partial charge in [-0.25, -0.2) is 0 Å². The fraction of sp³-hybridized carbons (Fsp3) is 0.571. The van der Waals surface area contributed by atoms with E-state index in [0.717, 1.165) is 44.9 Å². The Hall–Kier alpha value is -0.580. The number of ether oxygens (including phenoxy) is 1. The van der Waals surface area contributed by atoms with Crippen LogP contribution in [0.25, 0.3) is 0 Å². The summed E-state index contributed by atoms with van der Waals surface area (Å²) in [6, 6.07) is 4.30. The number of piperazine rings is 1. The molecule has 0 aromatic heterocycles. The lowest BCUT2D eigenvalue weighted by Gasteiger charge is -2.27. The predicted molar refractivity (Wildman–Crippen MR) is 78.4 cm³/mol. The molecule has 1 N–H and O–H groups in total. The highest BCUT2D eigenvalue weighted by Crippen LogP contribution is 2.27. The van der Waals surface area contributed by atoms with Gasteiger partial charge in [-0.05, 0) is 36.6 Å². The number of nitrogens with zero attached hydrogens (tertiary/aromatic N) is 1. The number of hydrogen-bond donors (Lipinski definition) is 1. The molecular formula is C14H21BrN2O. The maximum atomic E-state index is 5.39. The highest BCUT2D eigenvalue weighted by atomic mass is 79.9. The predicted octanol–water partition coefficient (Wildman–Crippen LogP) is 2.21. The van der Waals surface area contributed by atoms with Gasteiger partial charge < -0.3 is 15.0 Å². The second-order valence-corrected chi connectivity index (χ2v) is 5.61. The highest BCUT2D eigenvalue weighted by molar-refractivity contribution is 9.10. The van der Waals surface area contributed by atoms with Crippen molar-refractivity contribution in [3.8, 4) is 5.75 Å². The van der Waals surface area contributed by atoms with Crippen LogP contribution in [0.3, 0.4) is 0 Å². The van der Waals surface area contributed by atoms with E-state index in [-0.39, 0.29) is 0 Å². The summed E-state index contributed by atoms with van der Waals surface area (Å²) >= 11 is 3.65. The van der Waals surface area contributed by atoms with Crippen LogP contribution in [0.2, 0.25) is 0 Å². The minimum Gasteiger partial charge on any atom is -0.496 e. The molecule has 0 atom stereocenters. The molecule has 1 fully saturated rings. The lowest BCUT2D eigenvalue weighted by Crippen LogP contribution is -2.44. The zero-order valence-electron chi connectivity index (χ0n) is 11.1. The molecule has 4 heteroatoms. The van der Waals surface area contributed by atoms with Gasteiger partial charge in [-0.15, -0.1) is 0 Å². The van der Waals surface area contributed by atoms with Crippen LogP contribution in [0.4, 0.5) is 0 Å². The van der Waals surface area contributed by atoms with E-state index in [9.17, 15) is 0 Å². The topological polar surface area (TPSA) is 24.5 Å². The van der Waals surface area contributed by atoms with Gasteiger partial charge in [0.2, 0.25) is 0 Å². The number of methoxy groups -OCH3 is 1. The Morgan fingerprint density at radius 1 is 1.33 bits per heavy atom. The van der Waals surface area contributed by atoms with Gasteiger partial charge in [0, 0.05) is 37.2 Å². The van der Waals surface area contributed by atoms with Gasteiger partial charge in [-0.3, -0.25) is 0 Å². The Kier molecular flexibility index (Phi) is 5.03. The third kappa shape index (κ3) is 3.46. The highest BCUT2D eigenvalue weighted by Gasteiger charge is 2.11. The summed E-state index contributed by atoms with van der Waals surface area (Å²) in [5.41, 5.74) is 2.51. The van der Waals surface area contributed by atoms with Crippen molar-refractivity contribution in [3.05, 3.63) is 27.7 Å². The fourth-order valence-electron chi connectivity index (χ4n) is 2.32. The molecular weight excluding hydrogens is 292 g/mol. The largest absolute Gasteiger partial charge is 0.496 e. The molecule has 0 saturated carbocycles. The zero-order chi connectivity index (χ0) is 13.0. The maximum absolute atomic E-state index is 5.39. The van der Waals surface area contributed by atoms with Crippen molar-refractivity contribution in [3.63, 3.8) is 0 Å². The average Bonchev–Trinajstić information content (AvgIpc) is 2.39. The molecule has 18 heavy (non-hydrogen) atoms. The number of halogens is 1. The van der Waals surface area contributed by atoms with Crippen LogP contribution in [0.15, 0.2) is 16.6 Å². The van der Waals surface area contributed by atoms with Gasteiger partial charge >= 0.3 is 0 Å². The minimum atomic E-state index is 0.980. The van der Waals surface area contributed by atoms with Crippen LogP contribution in [-0.2, 0) is 6.42 Å². The third-order valence-corrected chi connectivity index (χ3v) is 4.21. The maximum Gasteiger partial charge on any atom is 0.122 e. The Bertz CT molecular complexity index is 403. The molecule has 1 aromatic carbocycles. The van der Waals surface area contributed by atoms with Gasteiger partial charge in [0.25, 0.3) is 0 Å². The minimum absolute atomic E-state index is 0.980. The summed E-state index contributed by atoms with van der Waals surface area (Å²) in [7, 11) is 1.73. The van der Waals surface area contributed by atoms with Gasteiger partial charge in [0.05, 0.1) is 7.11 Å². The standard InChI is InChI=1S/C14H21BrN2O/c1-11-9-13(15)12(10-14(11)18-2)3-6-17-7-4-16-5-8-17/h9-10,16H,3-8H2,1-2H3. The number of nitrogens with one attached hydrogen (secondary N) is 1. The molecule has 2 rings (SSSR count). The first kappa shape index (κ1) is 13.8. The van der Waals surface area contributed by atoms with E-state index >= 15 is 0 Å². The van der Waals surface area contributed by atoms with E-state index < -0.39 is 0 Å². The summed E-state index contributed by atoms with van der Waals surface area (Å²) in [5.74, 6) is 0.980. The Morgan fingerprint density at radius 3 is 2.72 bits per heavy atom. The molecule has 100 valence electrons. The molecule has 1 heterocycles. The van der Waals surface area contributed by atoms with E-state index in [2.05, 4.69) is 45.2 Å². The quantitative estimate of drug-likeness (QED) is 0.922. The van der Waals surface area contributed by atoms with E-state index in [1.807, 2.05) is 0 Å². The first-order valence-electron chi connectivity index (χ1n) is 6.47. The second kappa shape index (κ2) is 6.55. The van der Waals surface area contributed by atoms with Crippen molar-refractivity contribution < 1.29 is 4.74 Å².